The van der Waals surface area contributed by atoms with Crippen molar-refractivity contribution in [2.45, 2.75) is 13.3 Å². The van der Waals surface area contributed by atoms with Gasteiger partial charge in [-0.3, -0.25) is 4.79 Å². The maximum Gasteiger partial charge on any atom is 0.316 e. The molecule has 2 rings (SSSR count). The van der Waals surface area contributed by atoms with E-state index in [0.717, 1.165) is 11.1 Å². The van der Waals surface area contributed by atoms with Gasteiger partial charge in [-0.2, -0.15) is 0 Å². The van der Waals surface area contributed by atoms with E-state index in [1.807, 2.05) is 31.2 Å². The minimum atomic E-state index is -0.256. The van der Waals surface area contributed by atoms with Crippen LogP contribution in [0.2, 0.25) is 0 Å². The third kappa shape index (κ3) is 2.73. The van der Waals surface area contributed by atoms with Gasteiger partial charge in [-0.1, -0.05) is 29.8 Å². The third-order valence-electron chi connectivity index (χ3n) is 2.22. The summed E-state index contributed by atoms with van der Waals surface area (Å²) in [5, 5.41) is 0. The number of carbonyl (C=O) groups is 1. The Morgan fingerprint density at radius 1 is 1.31 bits per heavy atom. The molecule has 0 saturated carbocycles. The fourth-order valence-electron chi connectivity index (χ4n) is 1.52. The van der Waals surface area contributed by atoms with E-state index >= 15 is 0 Å². The van der Waals surface area contributed by atoms with Crippen LogP contribution in [0.3, 0.4) is 0 Å². The number of nitrogens with one attached hydrogen (secondary N) is 1. The highest BCUT2D eigenvalue weighted by molar-refractivity contribution is 5.74. The van der Waals surface area contributed by atoms with Gasteiger partial charge in [-0.15, -0.1) is 0 Å². The molecule has 0 aliphatic rings. The number of aromatic amines is 1. The van der Waals surface area contributed by atoms with Gasteiger partial charge >= 0.3 is 5.97 Å². The number of carbonyl (C=O) groups excluding carboxylic acids is 1. The van der Waals surface area contributed by atoms with Crippen LogP contribution in [-0.2, 0) is 11.2 Å². The lowest BCUT2D eigenvalue weighted by molar-refractivity contribution is -0.133. The molecule has 1 aromatic heterocycles. The van der Waals surface area contributed by atoms with E-state index in [2.05, 4.69) is 4.98 Å². The molecule has 0 unspecified atom stereocenters. The average molecular weight is 215 g/mol. The van der Waals surface area contributed by atoms with Gasteiger partial charge in [0.05, 0.1) is 6.42 Å². The lowest BCUT2D eigenvalue weighted by Crippen LogP contribution is -2.11. The standard InChI is InChI=1S/C13H13NO2/c1-10-4-2-5-11(8-10)9-13(15)16-12-6-3-7-14-12/h2-8,14H,9H2,1H3. The van der Waals surface area contributed by atoms with Crippen LogP contribution in [0.5, 0.6) is 5.88 Å². The van der Waals surface area contributed by atoms with E-state index in [4.69, 9.17) is 4.74 Å². The van der Waals surface area contributed by atoms with Crippen molar-refractivity contribution >= 4 is 5.97 Å². The molecular weight excluding hydrogens is 202 g/mol. The number of benzene rings is 1. The summed E-state index contributed by atoms with van der Waals surface area (Å²) in [6.45, 7) is 2.00. The second-order valence-corrected chi connectivity index (χ2v) is 3.67. The van der Waals surface area contributed by atoms with E-state index in [1.165, 1.54) is 0 Å². The van der Waals surface area contributed by atoms with Crippen LogP contribution in [0.15, 0.2) is 42.6 Å². The molecule has 0 amide bonds. The number of ether oxygens (including phenoxy) is 1. The molecule has 0 aliphatic carbocycles. The Balaban J connectivity index is 1.97. The van der Waals surface area contributed by atoms with Gasteiger partial charge in [-0.05, 0) is 18.6 Å². The Morgan fingerprint density at radius 2 is 2.19 bits per heavy atom. The molecule has 0 fully saturated rings. The molecular formula is C13H13NO2. The number of H-pyrrole nitrogens is 1. The van der Waals surface area contributed by atoms with Crippen LogP contribution in [-0.4, -0.2) is 11.0 Å². The normalized spacial score (nSPS) is 10.1. The minimum Gasteiger partial charge on any atom is -0.409 e. The highest BCUT2D eigenvalue weighted by atomic mass is 16.5. The molecule has 2 aromatic rings. The van der Waals surface area contributed by atoms with E-state index in [0.29, 0.717) is 12.3 Å². The van der Waals surface area contributed by atoms with Gasteiger partial charge in [0.15, 0.2) is 0 Å². The average Bonchev–Trinajstić information content (AvgIpc) is 2.70. The van der Waals surface area contributed by atoms with E-state index in [1.54, 1.807) is 18.3 Å². The minimum absolute atomic E-state index is 0.256. The molecule has 0 atom stereocenters. The second-order valence-electron chi connectivity index (χ2n) is 3.67. The molecule has 0 radical (unpaired) electrons. The van der Waals surface area contributed by atoms with Gasteiger partial charge in [0, 0.05) is 12.3 Å². The Hall–Kier alpha value is -2.03. The number of aryl methyl sites for hydroxylation is 1. The van der Waals surface area contributed by atoms with Crippen LogP contribution in [0.1, 0.15) is 11.1 Å². The first-order valence-electron chi connectivity index (χ1n) is 5.13. The van der Waals surface area contributed by atoms with Crippen molar-refractivity contribution < 1.29 is 9.53 Å². The molecule has 0 bridgehead atoms. The van der Waals surface area contributed by atoms with E-state index < -0.39 is 0 Å². The van der Waals surface area contributed by atoms with Crippen LogP contribution in [0, 0.1) is 6.92 Å². The lowest BCUT2D eigenvalue weighted by Gasteiger charge is -2.02. The first-order valence-corrected chi connectivity index (χ1v) is 5.13. The van der Waals surface area contributed by atoms with Gasteiger partial charge in [0.2, 0.25) is 5.88 Å². The molecule has 1 N–H and O–H groups in total. The monoisotopic (exact) mass is 215 g/mol. The maximum atomic E-state index is 11.5. The van der Waals surface area contributed by atoms with Crippen LogP contribution >= 0.6 is 0 Å². The SMILES string of the molecule is Cc1cccc(CC(=O)Oc2ccc[nH]2)c1. The van der Waals surface area contributed by atoms with Crippen molar-refractivity contribution in [1.82, 2.24) is 4.98 Å². The third-order valence-corrected chi connectivity index (χ3v) is 2.22. The van der Waals surface area contributed by atoms with Gasteiger partial charge in [-0.25, -0.2) is 0 Å². The van der Waals surface area contributed by atoms with Crippen LogP contribution < -0.4 is 4.74 Å². The summed E-state index contributed by atoms with van der Waals surface area (Å²) < 4.78 is 5.10. The van der Waals surface area contributed by atoms with Crippen molar-refractivity contribution in [2.24, 2.45) is 0 Å². The molecule has 82 valence electrons. The van der Waals surface area contributed by atoms with E-state index in [9.17, 15) is 4.79 Å². The molecule has 1 heterocycles. The first kappa shape index (κ1) is 10.5. The van der Waals surface area contributed by atoms with Crippen molar-refractivity contribution in [1.29, 1.82) is 0 Å². The van der Waals surface area contributed by atoms with Gasteiger partial charge in [0.1, 0.15) is 0 Å². The van der Waals surface area contributed by atoms with Crippen molar-refractivity contribution in [3.05, 3.63) is 53.7 Å². The first-order chi connectivity index (χ1) is 7.74. The maximum absolute atomic E-state index is 11.5. The summed E-state index contributed by atoms with van der Waals surface area (Å²) in [5.74, 6) is 0.228. The summed E-state index contributed by atoms with van der Waals surface area (Å²) in [6, 6.07) is 11.3. The highest BCUT2D eigenvalue weighted by Gasteiger charge is 2.06. The summed E-state index contributed by atoms with van der Waals surface area (Å²) in [6.07, 6.45) is 2.01. The number of esters is 1. The fraction of sp³-hybridized carbons (Fsp3) is 0.154. The molecule has 0 spiro atoms. The van der Waals surface area contributed by atoms with Crippen molar-refractivity contribution in [2.75, 3.05) is 0 Å². The van der Waals surface area contributed by atoms with Crippen molar-refractivity contribution in [3.8, 4) is 5.88 Å². The molecule has 1 aromatic carbocycles. The number of hydrogen-bond donors (Lipinski definition) is 1. The second kappa shape index (κ2) is 4.66. The zero-order chi connectivity index (χ0) is 11.4. The Kier molecular flexibility index (Phi) is 3.05. The number of hydrogen-bond acceptors (Lipinski definition) is 2. The molecule has 0 aliphatic heterocycles. The molecule has 3 heteroatoms. The summed E-state index contributed by atoms with van der Waals surface area (Å²) in [7, 11) is 0. The fourth-order valence-corrected chi connectivity index (χ4v) is 1.52. The lowest BCUT2D eigenvalue weighted by atomic mass is 10.1. The Morgan fingerprint density at radius 3 is 2.88 bits per heavy atom. The number of rotatable bonds is 3. The summed E-state index contributed by atoms with van der Waals surface area (Å²) in [5.41, 5.74) is 2.11. The predicted octanol–water partition coefficient (Wildman–Crippen LogP) is 2.47. The largest absolute Gasteiger partial charge is 0.409 e. The predicted molar refractivity (Wildman–Crippen MR) is 61.3 cm³/mol. The molecule has 0 saturated heterocycles. The highest BCUT2D eigenvalue weighted by Crippen LogP contribution is 2.08. The summed E-state index contributed by atoms with van der Waals surface area (Å²) >= 11 is 0. The van der Waals surface area contributed by atoms with Crippen LogP contribution in [0.4, 0.5) is 0 Å². The van der Waals surface area contributed by atoms with Crippen molar-refractivity contribution in [3.63, 3.8) is 0 Å². The molecule has 3 nitrogen and oxygen atoms in total. The zero-order valence-corrected chi connectivity index (χ0v) is 9.07. The van der Waals surface area contributed by atoms with E-state index in [-0.39, 0.29) is 5.97 Å². The van der Waals surface area contributed by atoms with Crippen LogP contribution in [0.25, 0.3) is 0 Å². The zero-order valence-electron chi connectivity index (χ0n) is 9.07. The Bertz CT molecular complexity index is 474. The van der Waals surface area contributed by atoms with Gasteiger partial charge in [0.25, 0.3) is 0 Å². The summed E-state index contributed by atoms with van der Waals surface area (Å²) in [4.78, 5) is 14.4. The van der Waals surface area contributed by atoms with Gasteiger partial charge < -0.3 is 9.72 Å². The topological polar surface area (TPSA) is 42.1 Å². The Labute approximate surface area is 94.1 Å². The molecule has 16 heavy (non-hydrogen) atoms. The number of aromatic nitrogens is 1. The smallest absolute Gasteiger partial charge is 0.316 e. The quantitative estimate of drug-likeness (QED) is 0.799.